The van der Waals surface area contributed by atoms with Gasteiger partial charge in [0.05, 0.1) is 0 Å². The topological polar surface area (TPSA) is 0 Å². The van der Waals surface area contributed by atoms with Crippen LogP contribution < -0.4 is 0 Å². The van der Waals surface area contributed by atoms with Crippen LogP contribution in [0.4, 0.5) is 0 Å². The Kier molecular flexibility index (Phi) is 15.5. The molecule has 0 unspecified atom stereocenters. The van der Waals surface area contributed by atoms with Crippen molar-refractivity contribution in [2.75, 3.05) is 0 Å². The van der Waals surface area contributed by atoms with Crippen LogP contribution in [0.15, 0.2) is 0 Å². The first-order chi connectivity index (χ1) is 13.4. The van der Waals surface area contributed by atoms with Crippen molar-refractivity contribution in [1.29, 1.82) is 0 Å². The van der Waals surface area contributed by atoms with Crippen LogP contribution in [0.1, 0.15) is 0 Å². The van der Waals surface area contributed by atoms with E-state index in [0.717, 1.165) is 0 Å². The number of alkyl halides is 20. The third-order valence-electron chi connectivity index (χ3n) is 4.10. The molecule has 1 aliphatic carbocycles. The smallest absolute Gasteiger partial charge is 0.0785 e. The van der Waals surface area contributed by atoms with Crippen molar-refractivity contribution in [3.63, 3.8) is 0 Å². The Morgan fingerprint density at radius 3 is 0.531 bits per heavy atom. The van der Waals surface area contributed by atoms with Crippen LogP contribution in [-0.2, 0) is 0 Å². The predicted molar refractivity (Wildman–Crippen MR) is 218 cm³/mol. The molecule has 1 aliphatic rings. The lowest BCUT2D eigenvalue weighted by Crippen LogP contribution is -2.69. The minimum Gasteiger partial charge on any atom is -0.0785 e. The largest absolute Gasteiger partial charge is 0.135 e. The lowest BCUT2D eigenvalue weighted by atomic mass is 10.1. The van der Waals surface area contributed by atoms with Gasteiger partial charge in [-0.3, -0.25) is 0 Å². The van der Waals surface area contributed by atoms with Crippen molar-refractivity contribution >= 4 is 335 Å². The van der Waals surface area contributed by atoms with Crippen LogP contribution in [0, 0.1) is 4.83 Å². The fourth-order valence-corrected chi connectivity index (χ4v) is 24.8. The van der Waals surface area contributed by atoms with Gasteiger partial charge in [-0.05, 0) is 0 Å². The van der Waals surface area contributed by atoms with Gasteiger partial charge in [0.15, 0.2) is 0 Å². The molecule has 0 N–H and O–H groups in total. The summed E-state index contributed by atoms with van der Waals surface area (Å²) in [7, 11) is 0. The summed E-state index contributed by atoms with van der Waals surface area (Å²) in [6.07, 6.45) is 0. The van der Waals surface area contributed by atoms with Gasteiger partial charge in [0, 0.05) is 0 Å². The van der Waals surface area contributed by atoms with Crippen LogP contribution >= 0.6 is 335 Å². The van der Waals surface area contributed by atoms with Crippen molar-refractivity contribution in [2.45, 2.75) is 32.3 Å². The summed E-state index contributed by atoms with van der Waals surface area (Å²) in [6, 6.07) is 0. The van der Waals surface area contributed by atoms with Crippen LogP contribution in [0.3, 0.4) is 0 Å². The van der Waals surface area contributed by atoms with E-state index in [1.807, 2.05) is 0 Å². The second kappa shape index (κ2) is 12.4. The number of halogens is 21. The maximum absolute atomic E-state index is 3.90. The first-order valence-electron chi connectivity index (χ1n) is 6.72. The van der Waals surface area contributed by atoms with Crippen molar-refractivity contribution < 1.29 is 0 Å². The van der Waals surface area contributed by atoms with Gasteiger partial charge in [-0.1, -0.05) is 335 Å². The van der Waals surface area contributed by atoms with Gasteiger partial charge in [0.2, 0.25) is 0 Å². The van der Waals surface area contributed by atoms with Crippen LogP contribution in [0.25, 0.3) is 0 Å². The molecule has 0 saturated heterocycles. The zero-order valence-corrected chi connectivity index (χ0v) is 46.7. The van der Waals surface area contributed by atoms with E-state index in [9.17, 15) is 0 Å². The second-order valence-corrected chi connectivity index (χ2v) is 41.3. The van der Waals surface area contributed by atoms with E-state index in [-0.39, 0.29) is 0 Å². The van der Waals surface area contributed by atoms with Crippen LogP contribution in [0.2, 0.25) is 0 Å². The van der Waals surface area contributed by atoms with Gasteiger partial charge in [0.25, 0.3) is 0 Å². The Balaban J connectivity index is 4.38. The molecule has 191 valence electrons. The van der Waals surface area contributed by atoms with E-state index in [4.69, 9.17) is 0 Å². The summed E-state index contributed by atoms with van der Waals surface area (Å²) in [5.41, 5.74) is 0. The molecular weight excluding hydrogens is 1810 g/mol. The molecule has 0 nitrogen and oxygen atoms in total. The molecule has 0 amide bonds. The lowest BCUT2D eigenvalue weighted by Gasteiger charge is -2.58. The summed E-state index contributed by atoms with van der Waals surface area (Å²) < 4.78 is -10.3. The number of hydrogen-bond donors (Lipinski definition) is 0. The Bertz CT molecular complexity index is 681. The molecule has 0 aromatic rings. The summed E-state index contributed by atoms with van der Waals surface area (Å²) >= 11 is 81.6. The summed E-state index contributed by atoms with van der Waals surface area (Å²) in [5.74, 6) is 0. The third-order valence-corrected chi connectivity index (χ3v) is 49.6. The van der Waals surface area contributed by atoms with Gasteiger partial charge < -0.3 is 0 Å². The Morgan fingerprint density at radius 2 is 0.375 bits per heavy atom. The highest BCUT2D eigenvalue weighted by Crippen LogP contribution is 2.83. The molecule has 1 rings (SSSR count). The van der Waals surface area contributed by atoms with Gasteiger partial charge in [0.1, 0.15) is 37.2 Å². The molecule has 0 heterocycles. The average molecular weight is 1810 g/mol. The SMILES string of the molecule is Br[C]1C(Br)(Br)C(Br)(Br)C(Br)(Br)C(Br)(Br)C(Br)(Br)C(Br)(Br)C(Br)(Br)C(Br)(Br)C(Br)(Br)C1(Br)Br. The maximum atomic E-state index is 3.90. The predicted octanol–water partition coefficient (Wildman–Crippen LogP) is 15.8. The van der Waals surface area contributed by atoms with Gasteiger partial charge >= 0.3 is 0 Å². The molecule has 1 saturated carbocycles. The molecule has 0 bridgehead atoms. The van der Waals surface area contributed by atoms with Crippen molar-refractivity contribution in [3.8, 4) is 0 Å². The highest BCUT2D eigenvalue weighted by atomic mass is 80.0. The zero-order chi connectivity index (χ0) is 26.6. The van der Waals surface area contributed by atoms with Crippen molar-refractivity contribution in [3.05, 3.63) is 4.83 Å². The minimum absolute atomic E-state index is 0.671. The fraction of sp³-hybridized carbons (Fsp3) is 0.909. The monoisotopic (exact) mass is 1790 g/mol. The minimum atomic E-state index is -1.05. The van der Waals surface area contributed by atoms with E-state index in [1.165, 1.54) is 0 Å². The third kappa shape index (κ3) is 5.76. The van der Waals surface area contributed by atoms with Crippen LogP contribution in [0.5, 0.6) is 0 Å². The standard InChI is InChI=1S/C11Br21/c12-1-2(13,14)4(17,18)6(21,22)8(25,26)10(29,30)11(31,32)9(27,28)7(23,24)5(19,20)3(1,15)16. The molecular formula is C11Br21. The number of rotatable bonds is 0. The van der Waals surface area contributed by atoms with E-state index in [1.54, 1.807) is 0 Å². The van der Waals surface area contributed by atoms with Gasteiger partial charge in [-0.15, -0.1) is 0 Å². The average Bonchev–Trinajstić information content (AvgIpc) is 2.58. The Labute approximate surface area is 363 Å². The zero-order valence-electron chi connectivity index (χ0n) is 13.4. The molecule has 0 atom stereocenters. The molecule has 21 heteroatoms. The highest BCUT2D eigenvalue weighted by Gasteiger charge is 2.83. The molecule has 0 aromatic heterocycles. The highest BCUT2D eigenvalue weighted by molar-refractivity contribution is 9.38. The van der Waals surface area contributed by atoms with Crippen molar-refractivity contribution in [1.82, 2.24) is 0 Å². The molecule has 0 aromatic carbocycles. The molecule has 1 fully saturated rings. The lowest BCUT2D eigenvalue weighted by molar-refractivity contribution is 0.574. The Morgan fingerprint density at radius 1 is 0.250 bits per heavy atom. The van der Waals surface area contributed by atoms with Crippen molar-refractivity contribution in [2.24, 2.45) is 0 Å². The van der Waals surface area contributed by atoms with Gasteiger partial charge in [-0.2, -0.15) is 0 Å². The van der Waals surface area contributed by atoms with E-state index in [0.29, 0.717) is 4.83 Å². The normalized spacial score (nSPS) is 33.7. The summed E-state index contributed by atoms with van der Waals surface area (Å²) in [5, 5.41) is 0. The molecule has 1 radical (unpaired) electrons. The quantitative estimate of drug-likeness (QED) is 0.212. The van der Waals surface area contributed by atoms with E-state index in [2.05, 4.69) is 335 Å². The first kappa shape index (κ1) is 40.1. The maximum Gasteiger partial charge on any atom is 0.135 e. The second-order valence-electron chi connectivity index (χ2n) is 6.06. The van der Waals surface area contributed by atoms with E-state index >= 15 is 0 Å². The summed E-state index contributed by atoms with van der Waals surface area (Å²) in [4.78, 5) is 0.671. The molecule has 0 spiro atoms. The first-order valence-corrected chi connectivity index (χ1v) is 23.4. The molecule has 32 heavy (non-hydrogen) atoms. The van der Waals surface area contributed by atoms with E-state index < -0.39 is 32.3 Å². The number of hydrogen-bond acceptors (Lipinski definition) is 0. The summed E-state index contributed by atoms with van der Waals surface area (Å²) in [6.45, 7) is 0. The fourth-order valence-electron chi connectivity index (χ4n) is 2.05. The Hall–Kier alpha value is 10.1. The molecule has 0 aliphatic heterocycles. The van der Waals surface area contributed by atoms with Crippen LogP contribution in [-0.4, -0.2) is 32.3 Å². The van der Waals surface area contributed by atoms with Gasteiger partial charge in [-0.25, -0.2) is 0 Å².